The van der Waals surface area contributed by atoms with Crippen LogP contribution in [0.2, 0.25) is 0 Å². The van der Waals surface area contributed by atoms with Crippen molar-refractivity contribution < 1.29 is 0 Å². The lowest BCUT2D eigenvalue weighted by Crippen LogP contribution is -2.06. The first-order valence-electron chi connectivity index (χ1n) is 5.76. The number of rotatable bonds is 4. The van der Waals surface area contributed by atoms with Crippen molar-refractivity contribution in [3.05, 3.63) is 47.7 Å². The number of hydrogen-bond donors (Lipinski definition) is 1. The normalized spacial score (nSPS) is 10.2. The lowest BCUT2D eigenvalue weighted by molar-refractivity contribution is 0.953. The zero-order valence-corrected chi connectivity index (χ0v) is 10.1. The predicted octanol–water partition coefficient (Wildman–Crippen LogP) is 2.35. The average molecular weight is 228 g/mol. The van der Waals surface area contributed by atoms with E-state index in [9.17, 15) is 0 Å². The molecular formula is C13H16N4. The molecule has 0 spiro atoms. The van der Waals surface area contributed by atoms with E-state index in [4.69, 9.17) is 0 Å². The molecule has 0 saturated carbocycles. The monoisotopic (exact) mass is 228 g/mol. The van der Waals surface area contributed by atoms with Crippen molar-refractivity contribution in [2.24, 2.45) is 0 Å². The van der Waals surface area contributed by atoms with Crippen molar-refractivity contribution >= 4 is 5.82 Å². The van der Waals surface area contributed by atoms with Gasteiger partial charge in [0.25, 0.3) is 0 Å². The van der Waals surface area contributed by atoms with Gasteiger partial charge < -0.3 is 5.32 Å². The molecule has 0 saturated heterocycles. The summed E-state index contributed by atoms with van der Waals surface area (Å²) < 4.78 is 0. The van der Waals surface area contributed by atoms with E-state index in [2.05, 4.69) is 33.3 Å². The number of anilines is 1. The third-order valence-electron chi connectivity index (χ3n) is 2.58. The lowest BCUT2D eigenvalue weighted by atomic mass is 10.1. The Morgan fingerprint density at radius 2 is 2.06 bits per heavy atom. The van der Waals surface area contributed by atoms with E-state index in [1.54, 1.807) is 6.20 Å². The Labute approximate surface area is 101 Å². The minimum absolute atomic E-state index is 0.695. The van der Waals surface area contributed by atoms with Crippen LogP contribution < -0.4 is 5.32 Å². The molecule has 0 unspecified atom stereocenters. The Kier molecular flexibility index (Phi) is 3.65. The summed E-state index contributed by atoms with van der Waals surface area (Å²) in [6.07, 6.45) is 4.57. The minimum atomic E-state index is 0.695. The van der Waals surface area contributed by atoms with Gasteiger partial charge in [-0.25, -0.2) is 9.97 Å². The molecule has 0 aliphatic carbocycles. The smallest absolute Gasteiger partial charge is 0.129 e. The molecule has 2 aromatic rings. The molecular weight excluding hydrogens is 212 g/mol. The Morgan fingerprint density at radius 3 is 2.82 bits per heavy atom. The molecule has 2 rings (SSSR count). The summed E-state index contributed by atoms with van der Waals surface area (Å²) in [4.78, 5) is 12.7. The number of pyridine rings is 1. The zero-order chi connectivity index (χ0) is 12.1. The third-order valence-corrected chi connectivity index (χ3v) is 2.58. The highest BCUT2D eigenvalue weighted by atomic mass is 15.0. The standard InChI is InChI=1S/C13H16N4/c1-3-11-5-4-7-15-12(11)9-16-13-6-8-14-10(2)17-13/h4-8H,3,9H2,1-2H3,(H,14,16,17). The Balaban J connectivity index is 2.07. The van der Waals surface area contributed by atoms with Crippen molar-refractivity contribution in [3.63, 3.8) is 0 Å². The van der Waals surface area contributed by atoms with Gasteiger partial charge >= 0.3 is 0 Å². The fourth-order valence-corrected chi connectivity index (χ4v) is 1.68. The van der Waals surface area contributed by atoms with Crippen molar-refractivity contribution in [2.75, 3.05) is 5.32 Å². The number of aromatic nitrogens is 3. The van der Waals surface area contributed by atoms with Crippen LogP contribution in [-0.2, 0) is 13.0 Å². The number of aryl methyl sites for hydroxylation is 2. The van der Waals surface area contributed by atoms with Crippen LogP contribution in [0.1, 0.15) is 24.0 Å². The molecule has 0 aliphatic rings. The average Bonchev–Trinajstić information content (AvgIpc) is 2.37. The molecule has 4 heteroatoms. The van der Waals surface area contributed by atoms with Crippen LogP contribution >= 0.6 is 0 Å². The van der Waals surface area contributed by atoms with Gasteiger partial charge in [-0.05, 0) is 31.0 Å². The van der Waals surface area contributed by atoms with Crippen LogP contribution in [0.15, 0.2) is 30.6 Å². The molecule has 0 atom stereocenters. The summed E-state index contributed by atoms with van der Waals surface area (Å²) in [5.74, 6) is 1.61. The minimum Gasteiger partial charge on any atom is -0.364 e. The van der Waals surface area contributed by atoms with E-state index in [1.165, 1.54) is 5.56 Å². The molecule has 0 radical (unpaired) electrons. The maximum atomic E-state index is 4.38. The Bertz CT molecular complexity index is 496. The number of nitrogens with one attached hydrogen (secondary N) is 1. The van der Waals surface area contributed by atoms with E-state index < -0.39 is 0 Å². The van der Waals surface area contributed by atoms with Gasteiger partial charge in [-0.3, -0.25) is 4.98 Å². The molecule has 0 fully saturated rings. The van der Waals surface area contributed by atoms with Crippen molar-refractivity contribution in [2.45, 2.75) is 26.8 Å². The van der Waals surface area contributed by atoms with Crippen LogP contribution in [0, 0.1) is 6.92 Å². The van der Waals surface area contributed by atoms with E-state index in [-0.39, 0.29) is 0 Å². The first-order chi connectivity index (χ1) is 8.29. The molecule has 17 heavy (non-hydrogen) atoms. The van der Waals surface area contributed by atoms with Crippen LogP contribution in [0.5, 0.6) is 0 Å². The highest BCUT2D eigenvalue weighted by Gasteiger charge is 2.01. The molecule has 1 N–H and O–H groups in total. The molecule has 4 nitrogen and oxygen atoms in total. The van der Waals surface area contributed by atoms with Crippen LogP contribution in [0.3, 0.4) is 0 Å². The van der Waals surface area contributed by atoms with Gasteiger partial charge in [-0.15, -0.1) is 0 Å². The fourth-order valence-electron chi connectivity index (χ4n) is 1.68. The molecule has 88 valence electrons. The maximum Gasteiger partial charge on any atom is 0.129 e. The number of hydrogen-bond acceptors (Lipinski definition) is 4. The Morgan fingerprint density at radius 1 is 1.18 bits per heavy atom. The fraction of sp³-hybridized carbons (Fsp3) is 0.308. The SMILES string of the molecule is CCc1cccnc1CNc1ccnc(C)n1. The summed E-state index contributed by atoms with van der Waals surface area (Å²) >= 11 is 0. The van der Waals surface area contributed by atoms with Crippen LogP contribution in [-0.4, -0.2) is 15.0 Å². The van der Waals surface area contributed by atoms with Crippen molar-refractivity contribution in [1.29, 1.82) is 0 Å². The van der Waals surface area contributed by atoms with E-state index in [0.717, 1.165) is 23.8 Å². The van der Waals surface area contributed by atoms with Crippen molar-refractivity contribution in [1.82, 2.24) is 15.0 Å². The molecule has 0 amide bonds. The van der Waals surface area contributed by atoms with E-state index >= 15 is 0 Å². The van der Waals surface area contributed by atoms with E-state index in [1.807, 2.05) is 25.3 Å². The first-order valence-corrected chi connectivity index (χ1v) is 5.76. The van der Waals surface area contributed by atoms with Crippen LogP contribution in [0.4, 0.5) is 5.82 Å². The third kappa shape index (κ3) is 3.00. The topological polar surface area (TPSA) is 50.7 Å². The highest BCUT2D eigenvalue weighted by Crippen LogP contribution is 2.09. The van der Waals surface area contributed by atoms with Crippen LogP contribution in [0.25, 0.3) is 0 Å². The molecule has 0 aromatic carbocycles. The zero-order valence-electron chi connectivity index (χ0n) is 10.1. The lowest BCUT2D eigenvalue weighted by Gasteiger charge is -2.08. The quantitative estimate of drug-likeness (QED) is 0.872. The number of nitrogens with zero attached hydrogens (tertiary/aromatic N) is 3. The maximum absolute atomic E-state index is 4.38. The second kappa shape index (κ2) is 5.39. The second-order valence-electron chi connectivity index (χ2n) is 3.81. The van der Waals surface area contributed by atoms with Crippen molar-refractivity contribution in [3.8, 4) is 0 Å². The first kappa shape index (κ1) is 11.5. The van der Waals surface area contributed by atoms with Gasteiger partial charge in [0.2, 0.25) is 0 Å². The van der Waals surface area contributed by atoms with Gasteiger partial charge in [-0.1, -0.05) is 13.0 Å². The van der Waals surface area contributed by atoms with Gasteiger partial charge in [0.15, 0.2) is 0 Å². The summed E-state index contributed by atoms with van der Waals surface area (Å²) in [5, 5.41) is 3.26. The second-order valence-corrected chi connectivity index (χ2v) is 3.81. The predicted molar refractivity (Wildman–Crippen MR) is 67.7 cm³/mol. The molecule has 2 aromatic heterocycles. The summed E-state index contributed by atoms with van der Waals surface area (Å²) in [7, 11) is 0. The molecule has 2 heterocycles. The largest absolute Gasteiger partial charge is 0.364 e. The summed E-state index contributed by atoms with van der Waals surface area (Å²) in [6, 6.07) is 5.94. The Hall–Kier alpha value is -1.97. The summed E-state index contributed by atoms with van der Waals surface area (Å²) in [6.45, 7) is 4.71. The van der Waals surface area contributed by atoms with Gasteiger partial charge in [0.05, 0.1) is 12.2 Å². The van der Waals surface area contributed by atoms with Gasteiger partial charge in [0.1, 0.15) is 11.6 Å². The molecule has 0 bridgehead atoms. The van der Waals surface area contributed by atoms with Gasteiger partial charge in [0, 0.05) is 12.4 Å². The van der Waals surface area contributed by atoms with Gasteiger partial charge in [-0.2, -0.15) is 0 Å². The highest BCUT2D eigenvalue weighted by molar-refractivity contribution is 5.34. The molecule has 0 aliphatic heterocycles. The van der Waals surface area contributed by atoms with E-state index in [0.29, 0.717) is 6.54 Å². The summed E-state index contributed by atoms with van der Waals surface area (Å²) in [5.41, 5.74) is 2.34.